The minimum absolute atomic E-state index is 0.279. The molecule has 19 heavy (non-hydrogen) atoms. The minimum Gasteiger partial charge on any atom is -0.197 e. The van der Waals surface area contributed by atoms with Gasteiger partial charge in [0.25, 0.3) is 0 Å². The van der Waals surface area contributed by atoms with Crippen LogP contribution in [0.2, 0.25) is 0 Å². The zero-order chi connectivity index (χ0) is 13.3. The van der Waals surface area contributed by atoms with Crippen molar-refractivity contribution in [3.63, 3.8) is 0 Å². The number of nitrogens with zero attached hydrogens (tertiary/aromatic N) is 2. The van der Waals surface area contributed by atoms with Gasteiger partial charge in [0.1, 0.15) is 0 Å². The summed E-state index contributed by atoms with van der Waals surface area (Å²) < 4.78 is 0. The highest BCUT2D eigenvalue weighted by Gasteiger charge is 2.51. The molecule has 1 aromatic carbocycles. The van der Waals surface area contributed by atoms with Gasteiger partial charge >= 0.3 is 0 Å². The first-order valence-electron chi connectivity index (χ1n) is 7.14. The maximum Gasteiger partial charge on any atom is 0.150 e. The van der Waals surface area contributed by atoms with Crippen LogP contribution in [0.15, 0.2) is 30.3 Å². The summed E-state index contributed by atoms with van der Waals surface area (Å²) in [4.78, 5) is 0. The van der Waals surface area contributed by atoms with Crippen molar-refractivity contribution in [2.75, 3.05) is 0 Å². The summed E-state index contributed by atoms with van der Waals surface area (Å²) in [7, 11) is 0. The predicted molar refractivity (Wildman–Crippen MR) is 72.7 cm³/mol. The molecule has 3 atom stereocenters. The minimum atomic E-state index is -0.818. The lowest BCUT2D eigenvalue weighted by Gasteiger charge is -2.32. The van der Waals surface area contributed by atoms with Crippen LogP contribution in [0.5, 0.6) is 0 Å². The van der Waals surface area contributed by atoms with Crippen molar-refractivity contribution in [2.24, 2.45) is 23.2 Å². The molecule has 0 N–H and O–H groups in total. The van der Waals surface area contributed by atoms with E-state index in [0.717, 1.165) is 17.9 Å². The molecule has 2 nitrogen and oxygen atoms in total. The SMILES string of the molecule is N#CC(C#N)(Cc1ccccc1)[C@@H]1C[C@@H]2CC[C@H]1C2. The molecule has 1 aromatic rings. The van der Waals surface area contributed by atoms with Crippen LogP contribution in [-0.4, -0.2) is 0 Å². The van der Waals surface area contributed by atoms with Gasteiger partial charge < -0.3 is 0 Å². The van der Waals surface area contributed by atoms with E-state index in [0.29, 0.717) is 12.3 Å². The monoisotopic (exact) mass is 250 g/mol. The zero-order valence-corrected chi connectivity index (χ0v) is 11.0. The molecule has 0 heterocycles. The highest BCUT2D eigenvalue weighted by atomic mass is 14.6. The number of rotatable bonds is 3. The first-order chi connectivity index (χ1) is 9.27. The summed E-state index contributed by atoms with van der Waals surface area (Å²) in [5.74, 6) is 1.65. The maximum absolute atomic E-state index is 9.65. The van der Waals surface area contributed by atoms with Crippen LogP contribution in [-0.2, 0) is 6.42 Å². The van der Waals surface area contributed by atoms with E-state index < -0.39 is 5.41 Å². The van der Waals surface area contributed by atoms with Gasteiger partial charge in [0.15, 0.2) is 5.41 Å². The summed E-state index contributed by atoms with van der Waals surface area (Å²) in [5.41, 5.74) is 0.287. The molecule has 0 unspecified atom stereocenters. The van der Waals surface area contributed by atoms with Crippen molar-refractivity contribution < 1.29 is 0 Å². The fourth-order valence-corrected chi connectivity index (χ4v) is 4.17. The van der Waals surface area contributed by atoms with Gasteiger partial charge in [-0.2, -0.15) is 10.5 Å². The fourth-order valence-electron chi connectivity index (χ4n) is 4.17. The largest absolute Gasteiger partial charge is 0.197 e. The van der Waals surface area contributed by atoms with E-state index in [-0.39, 0.29) is 5.92 Å². The van der Waals surface area contributed by atoms with Gasteiger partial charge in [-0.25, -0.2) is 0 Å². The third-order valence-electron chi connectivity index (χ3n) is 5.10. The summed E-state index contributed by atoms with van der Waals surface area (Å²) in [5, 5.41) is 19.3. The molecule has 2 saturated carbocycles. The molecule has 2 aliphatic rings. The number of hydrogen-bond donors (Lipinski definition) is 0. The molecule has 2 aliphatic carbocycles. The second kappa shape index (κ2) is 4.71. The zero-order valence-electron chi connectivity index (χ0n) is 11.0. The van der Waals surface area contributed by atoms with Crippen LogP contribution in [0.25, 0.3) is 0 Å². The predicted octanol–water partition coefficient (Wildman–Crippen LogP) is 3.70. The number of nitriles is 2. The van der Waals surface area contributed by atoms with Crippen molar-refractivity contribution in [1.29, 1.82) is 10.5 Å². The van der Waals surface area contributed by atoms with Crippen molar-refractivity contribution in [3.05, 3.63) is 35.9 Å². The van der Waals surface area contributed by atoms with Gasteiger partial charge in [-0.15, -0.1) is 0 Å². The third-order valence-corrected chi connectivity index (χ3v) is 5.10. The molecular formula is C17H18N2. The Morgan fingerprint density at radius 1 is 1.05 bits per heavy atom. The summed E-state index contributed by atoms with van der Waals surface area (Å²) in [6, 6.07) is 14.7. The molecule has 2 heteroatoms. The van der Waals surface area contributed by atoms with Gasteiger partial charge in [0.2, 0.25) is 0 Å². The van der Waals surface area contributed by atoms with Gasteiger partial charge in [-0.1, -0.05) is 36.8 Å². The topological polar surface area (TPSA) is 47.6 Å². The smallest absolute Gasteiger partial charge is 0.150 e. The van der Waals surface area contributed by atoms with E-state index in [1.807, 2.05) is 30.3 Å². The second-order valence-corrected chi connectivity index (χ2v) is 6.14. The molecule has 2 fully saturated rings. The van der Waals surface area contributed by atoms with Crippen LogP contribution >= 0.6 is 0 Å². The Bertz CT molecular complexity index is 521. The van der Waals surface area contributed by atoms with E-state index >= 15 is 0 Å². The van der Waals surface area contributed by atoms with Crippen LogP contribution in [0.1, 0.15) is 31.2 Å². The van der Waals surface area contributed by atoms with Gasteiger partial charge in [0, 0.05) is 6.42 Å². The quantitative estimate of drug-likeness (QED) is 0.821. The maximum atomic E-state index is 9.65. The Kier molecular flexibility index (Phi) is 3.03. The van der Waals surface area contributed by atoms with E-state index in [9.17, 15) is 10.5 Å². The van der Waals surface area contributed by atoms with Gasteiger partial charge in [-0.3, -0.25) is 0 Å². The molecular weight excluding hydrogens is 232 g/mol. The first kappa shape index (κ1) is 12.2. The van der Waals surface area contributed by atoms with Crippen molar-refractivity contribution in [2.45, 2.75) is 32.1 Å². The summed E-state index contributed by atoms with van der Waals surface area (Å²) >= 11 is 0. The van der Waals surface area contributed by atoms with Crippen molar-refractivity contribution >= 4 is 0 Å². The molecule has 0 amide bonds. The average molecular weight is 250 g/mol. The Balaban J connectivity index is 1.88. The van der Waals surface area contributed by atoms with Crippen molar-refractivity contribution in [3.8, 4) is 12.1 Å². The van der Waals surface area contributed by atoms with Gasteiger partial charge in [-0.05, 0) is 42.6 Å². The molecule has 0 spiro atoms. The normalized spacial score (nSPS) is 28.8. The van der Waals surface area contributed by atoms with E-state index in [1.165, 1.54) is 19.3 Å². The summed E-state index contributed by atoms with van der Waals surface area (Å²) in [6.45, 7) is 0. The fraction of sp³-hybridized carbons (Fsp3) is 0.529. The van der Waals surface area contributed by atoms with Gasteiger partial charge in [0.05, 0.1) is 12.1 Å². The van der Waals surface area contributed by atoms with E-state index in [4.69, 9.17) is 0 Å². The number of hydrogen-bond acceptors (Lipinski definition) is 2. The van der Waals surface area contributed by atoms with E-state index in [1.54, 1.807) is 0 Å². The average Bonchev–Trinajstić information content (AvgIpc) is 3.09. The molecule has 96 valence electrons. The van der Waals surface area contributed by atoms with Crippen LogP contribution in [0.3, 0.4) is 0 Å². The second-order valence-electron chi connectivity index (χ2n) is 6.14. The van der Waals surface area contributed by atoms with E-state index in [2.05, 4.69) is 12.1 Å². The Hall–Kier alpha value is -1.80. The Labute approximate surface area is 114 Å². The van der Waals surface area contributed by atoms with Crippen LogP contribution in [0, 0.1) is 45.8 Å². The Morgan fingerprint density at radius 2 is 1.79 bits per heavy atom. The number of fused-ring (bicyclic) bond motifs is 2. The van der Waals surface area contributed by atoms with Crippen LogP contribution in [0.4, 0.5) is 0 Å². The lowest BCUT2D eigenvalue weighted by Crippen LogP contribution is -2.33. The third kappa shape index (κ3) is 2.02. The molecule has 0 saturated heterocycles. The molecule has 3 rings (SSSR count). The first-order valence-corrected chi connectivity index (χ1v) is 7.14. The highest BCUT2D eigenvalue weighted by molar-refractivity contribution is 5.27. The lowest BCUT2D eigenvalue weighted by atomic mass is 9.67. The van der Waals surface area contributed by atoms with Crippen molar-refractivity contribution in [1.82, 2.24) is 0 Å². The standard InChI is InChI=1S/C17H18N2/c18-11-17(12-19,10-13-4-2-1-3-5-13)16-9-14-6-7-15(16)8-14/h1-5,14-16H,6-10H2/t14-,15+,16-/m1/s1. The molecule has 0 radical (unpaired) electrons. The highest BCUT2D eigenvalue weighted by Crippen LogP contribution is 2.55. The molecule has 0 aliphatic heterocycles. The van der Waals surface area contributed by atoms with Crippen LogP contribution < -0.4 is 0 Å². The molecule has 0 aromatic heterocycles. The lowest BCUT2D eigenvalue weighted by molar-refractivity contribution is 0.211. The summed E-state index contributed by atoms with van der Waals surface area (Å²) in [6.07, 6.45) is 5.42. The Morgan fingerprint density at radius 3 is 2.32 bits per heavy atom. The molecule has 2 bridgehead atoms. The number of benzene rings is 1.